The van der Waals surface area contributed by atoms with E-state index < -0.39 is 28.6 Å². The van der Waals surface area contributed by atoms with Crippen LogP contribution in [0, 0.1) is 5.82 Å². The van der Waals surface area contributed by atoms with Crippen molar-refractivity contribution in [2.75, 3.05) is 0 Å². The fourth-order valence-corrected chi connectivity index (χ4v) is 4.59. The summed E-state index contributed by atoms with van der Waals surface area (Å²) in [6, 6.07) is 14.0. The van der Waals surface area contributed by atoms with Crippen LogP contribution in [0.2, 0.25) is 0 Å². The number of fused-ring (bicyclic) bond motifs is 1. The molecule has 0 radical (unpaired) electrons. The number of nitrogens with two attached hydrogens (primary N) is 1. The lowest BCUT2D eigenvalue weighted by Crippen LogP contribution is -2.11. The molecule has 7 heteroatoms. The fraction of sp³-hybridized carbons (Fsp3) is 0.0952. The van der Waals surface area contributed by atoms with Crippen LogP contribution in [0.1, 0.15) is 21.9 Å². The Hall–Kier alpha value is -2.80. The summed E-state index contributed by atoms with van der Waals surface area (Å²) in [7, 11) is 0. The van der Waals surface area contributed by atoms with Gasteiger partial charge in [-0.3, -0.25) is 4.79 Å². The van der Waals surface area contributed by atoms with Crippen LogP contribution in [0.3, 0.4) is 0 Å². The van der Waals surface area contributed by atoms with E-state index in [1.54, 1.807) is 24.3 Å². The highest BCUT2D eigenvalue weighted by atomic mass is 32.2. The second-order valence-corrected chi connectivity index (χ2v) is 7.51. The predicted molar refractivity (Wildman–Crippen MR) is 102 cm³/mol. The van der Waals surface area contributed by atoms with Gasteiger partial charge in [-0.2, -0.15) is 13.2 Å². The lowest BCUT2D eigenvalue weighted by atomic mass is 9.92. The number of carbonyl (C=O) groups excluding carboxylic acids is 1. The van der Waals surface area contributed by atoms with Crippen LogP contribution >= 0.6 is 11.8 Å². The zero-order valence-corrected chi connectivity index (χ0v) is 15.1. The summed E-state index contributed by atoms with van der Waals surface area (Å²) in [6.45, 7) is 0. The van der Waals surface area contributed by atoms with Gasteiger partial charge in [0.2, 0.25) is 0 Å². The molecule has 2 nitrogen and oxygen atoms in total. The number of rotatable bonds is 2. The first-order chi connectivity index (χ1) is 13.3. The smallest absolute Gasteiger partial charge is 0.393 e. The van der Waals surface area contributed by atoms with Gasteiger partial charge in [-0.25, -0.2) is 4.39 Å². The monoisotopic (exact) mass is 403 g/mol. The van der Waals surface area contributed by atoms with Crippen molar-refractivity contribution >= 4 is 33.9 Å². The van der Waals surface area contributed by atoms with E-state index in [1.807, 2.05) is 0 Å². The lowest BCUT2D eigenvalue weighted by molar-refractivity contribution is -0.136. The lowest BCUT2D eigenvalue weighted by Gasteiger charge is -2.17. The molecule has 0 amide bonds. The minimum Gasteiger partial charge on any atom is -0.393 e. The summed E-state index contributed by atoms with van der Waals surface area (Å²) in [4.78, 5) is 13.1. The van der Waals surface area contributed by atoms with Gasteiger partial charge >= 0.3 is 6.18 Å². The third-order valence-electron chi connectivity index (χ3n) is 4.61. The summed E-state index contributed by atoms with van der Waals surface area (Å²) >= 11 is 0.988. The van der Waals surface area contributed by atoms with Crippen molar-refractivity contribution in [1.82, 2.24) is 0 Å². The third-order valence-corrected chi connectivity index (χ3v) is 5.78. The highest BCUT2D eigenvalue weighted by Crippen LogP contribution is 2.49. The van der Waals surface area contributed by atoms with E-state index in [4.69, 9.17) is 5.73 Å². The second kappa shape index (κ2) is 6.67. The first-order valence-electron chi connectivity index (χ1n) is 8.33. The van der Waals surface area contributed by atoms with E-state index in [2.05, 4.69) is 0 Å². The van der Waals surface area contributed by atoms with E-state index >= 15 is 0 Å². The molecule has 142 valence electrons. The number of ketones is 1. The van der Waals surface area contributed by atoms with Gasteiger partial charge in [-0.15, -0.1) is 0 Å². The second-order valence-electron chi connectivity index (χ2n) is 6.36. The van der Waals surface area contributed by atoms with Gasteiger partial charge in [0.25, 0.3) is 0 Å². The fourth-order valence-electron chi connectivity index (χ4n) is 3.45. The Kier molecular flexibility index (Phi) is 4.42. The van der Waals surface area contributed by atoms with E-state index in [-0.39, 0.29) is 21.6 Å². The highest BCUT2D eigenvalue weighted by Gasteiger charge is 2.39. The van der Waals surface area contributed by atoms with Crippen molar-refractivity contribution in [3.8, 4) is 0 Å². The van der Waals surface area contributed by atoms with Gasteiger partial charge in [0.05, 0.1) is 21.4 Å². The van der Waals surface area contributed by atoms with Crippen molar-refractivity contribution in [1.29, 1.82) is 0 Å². The minimum absolute atomic E-state index is 0.0170. The van der Waals surface area contributed by atoms with Crippen LogP contribution in [0.25, 0.3) is 16.3 Å². The standard InChI is InChI=1S/C21H13F4NOS/c22-13-7-1-6-12(10-13)17-18(27)19(28-20(17)26)14-8-2-4-11-5-3-9-15(16(11)14)21(23,24)25/h1-10,19H,26H2. The maximum atomic E-state index is 13.6. The summed E-state index contributed by atoms with van der Waals surface area (Å²) in [6.07, 6.45) is -4.56. The molecule has 0 bridgehead atoms. The molecule has 1 aliphatic rings. The van der Waals surface area contributed by atoms with Gasteiger partial charge < -0.3 is 5.73 Å². The van der Waals surface area contributed by atoms with E-state index in [0.29, 0.717) is 10.9 Å². The molecule has 3 aromatic carbocycles. The van der Waals surface area contributed by atoms with Gasteiger partial charge in [0, 0.05) is 0 Å². The maximum absolute atomic E-state index is 13.6. The van der Waals surface area contributed by atoms with Gasteiger partial charge in [0.1, 0.15) is 5.82 Å². The first kappa shape index (κ1) is 18.6. The molecule has 1 atom stereocenters. The van der Waals surface area contributed by atoms with Crippen molar-refractivity contribution in [2.24, 2.45) is 5.73 Å². The minimum atomic E-state index is -4.56. The molecule has 0 saturated carbocycles. The van der Waals surface area contributed by atoms with Crippen LogP contribution in [-0.2, 0) is 11.0 Å². The van der Waals surface area contributed by atoms with Crippen LogP contribution in [0.15, 0.2) is 65.7 Å². The number of halogens is 4. The number of carbonyl (C=O) groups is 1. The topological polar surface area (TPSA) is 43.1 Å². The highest BCUT2D eigenvalue weighted by molar-refractivity contribution is 8.04. The molecular formula is C21H13F4NOS. The summed E-state index contributed by atoms with van der Waals surface area (Å²) in [5.74, 6) is -0.957. The van der Waals surface area contributed by atoms with Crippen molar-refractivity contribution in [2.45, 2.75) is 11.4 Å². The SMILES string of the molecule is NC1=C(c2cccc(F)c2)C(=O)C(c2cccc3cccc(C(F)(F)F)c23)S1. The number of hydrogen-bond donors (Lipinski definition) is 1. The van der Waals surface area contributed by atoms with Gasteiger partial charge in [-0.1, -0.05) is 54.2 Å². The zero-order valence-electron chi connectivity index (χ0n) is 14.3. The molecule has 3 aromatic rings. The molecule has 4 rings (SSSR count). The Labute approximate surface area is 162 Å². The molecule has 1 heterocycles. The summed E-state index contributed by atoms with van der Waals surface area (Å²) < 4.78 is 54.3. The number of benzene rings is 3. The first-order valence-corrected chi connectivity index (χ1v) is 9.20. The van der Waals surface area contributed by atoms with Gasteiger partial charge in [0.15, 0.2) is 5.78 Å². The van der Waals surface area contributed by atoms with E-state index in [1.165, 1.54) is 30.3 Å². The van der Waals surface area contributed by atoms with E-state index in [0.717, 1.165) is 17.8 Å². The zero-order chi connectivity index (χ0) is 20.1. The molecule has 0 fully saturated rings. The number of allylic oxidation sites excluding steroid dienone is 1. The number of Topliss-reactive ketones (excluding diaryl/α,β-unsaturated/α-hetero) is 1. The van der Waals surface area contributed by atoms with Crippen molar-refractivity contribution < 1.29 is 22.4 Å². The molecule has 0 aromatic heterocycles. The van der Waals surface area contributed by atoms with E-state index in [9.17, 15) is 22.4 Å². The molecular weight excluding hydrogens is 390 g/mol. The number of alkyl halides is 3. The molecule has 0 spiro atoms. The Morgan fingerprint density at radius 2 is 1.64 bits per heavy atom. The Morgan fingerprint density at radius 3 is 2.32 bits per heavy atom. The Balaban J connectivity index is 1.86. The average molecular weight is 403 g/mol. The normalized spacial score (nSPS) is 17.6. The quantitative estimate of drug-likeness (QED) is 0.560. The van der Waals surface area contributed by atoms with Gasteiger partial charge in [-0.05, 0) is 40.1 Å². The van der Waals surface area contributed by atoms with Crippen LogP contribution in [-0.4, -0.2) is 5.78 Å². The van der Waals surface area contributed by atoms with Crippen molar-refractivity contribution in [3.05, 3.63) is 88.2 Å². The molecule has 1 aliphatic heterocycles. The Morgan fingerprint density at radius 1 is 0.964 bits per heavy atom. The predicted octanol–water partition coefficient (Wildman–Crippen LogP) is 5.68. The molecule has 1 unspecified atom stereocenters. The molecule has 0 saturated heterocycles. The number of thioether (sulfide) groups is 1. The maximum Gasteiger partial charge on any atom is 0.417 e. The van der Waals surface area contributed by atoms with Crippen LogP contribution < -0.4 is 5.73 Å². The van der Waals surface area contributed by atoms with Crippen LogP contribution in [0.5, 0.6) is 0 Å². The molecule has 0 aliphatic carbocycles. The number of hydrogen-bond acceptors (Lipinski definition) is 3. The van der Waals surface area contributed by atoms with Crippen LogP contribution in [0.4, 0.5) is 17.6 Å². The summed E-state index contributed by atoms with van der Waals surface area (Å²) in [5.41, 5.74) is 5.92. The largest absolute Gasteiger partial charge is 0.417 e. The summed E-state index contributed by atoms with van der Waals surface area (Å²) in [5, 5.41) is -0.386. The Bertz CT molecular complexity index is 1130. The average Bonchev–Trinajstić information content (AvgIpc) is 2.94. The molecule has 2 N–H and O–H groups in total. The molecule has 28 heavy (non-hydrogen) atoms. The third kappa shape index (κ3) is 3.05. The van der Waals surface area contributed by atoms with Crippen molar-refractivity contribution in [3.63, 3.8) is 0 Å².